The van der Waals surface area contributed by atoms with Gasteiger partial charge in [-0.05, 0) is 70.4 Å². The van der Waals surface area contributed by atoms with Crippen LogP contribution in [-0.2, 0) is 0 Å². The van der Waals surface area contributed by atoms with Crippen molar-refractivity contribution in [2.24, 2.45) is 0 Å². The number of hydrogen-bond acceptors (Lipinski definition) is 1. The van der Waals surface area contributed by atoms with Gasteiger partial charge in [0.15, 0.2) is 0 Å². The van der Waals surface area contributed by atoms with Crippen LogP contribution in [0.2, 0.25) is 0 Å². The maximum atomic E-state index is 2.42. The summed E-state index contributed by atoms with van der Waals surface area (Å²) in [5.74, 6) is 0. The maximum absolute atomic E-state index is 2.42. The molecule has 0 atom stereocenters. The summed E-state index contributed by atoms with van der Waals surface area (Å²) in [6.45, 7) is 0. The molecule has 1 aromatic heterocycles. The Morgan fingerprint density at radius 1 is 0.354 bits per heavy atom. The summed E-state index contributed by atoms with van der Waals surface area (Å²) in [4.78, 5) is 2.42. The molecule has 0 radical (unpaired) electrons. The molecule has 0 fully saturated rings. The lowest BCUT2D eigenvalue weighted by Crippen LogP contribution is -2.12. The van der Waals surface area contributed by atoms with Gasteiger partial charge in [0, 0.05) is 33.3 Å². The summed E-state index contributed by atoms with van der Waals surface area (Å²) in [6.07, 6.45) is 0. The average Bonchev–Trinajstić information content (AvgIpc) is 3.50. The molecule has 9 aromatic rings. The molecular weight excluding hydrogens is 581 g/mol. The van der Waals surface area contributed by atoms with Crippen LogP contribution >= 0.6 is 0 Å². The molecule has 0 saturated carbocycles. The smallest absolute Gasteiger partial charge is 0.0541 e. The van der Waals surface area contributed by atoms with Gasteiger partial charge < -0.3 is 9.47 Å². The van der Waals surface area contributed by atoms with E-state index in [1.165, 1.54) is 54.8 Å². The predicted octanol–water partition coefficient (Wildman–Crippen LogP) is 12.7. The molecule has 0 aliphatic rings. The molecule has 2 heteroatoms. The molecule has 1 heterocycles. The Morgan fingerprint density at radius 3 is 1.54 bits per heavy atom. The SMILES string of the molecule is c1ccc(-c2ccccc2N(c2ccccc2)c2ccccc2-c2cc(-n3c4ccccc4c4ccccc43)cc3ccccc23)cc1. The normalized spacial score (nSPS) is 11.3. The van der Waals surface area contributed by atoms with Crippen LogP contribution in [0.15, 0.2) is 194 Å². The molecule has 0 unspecified atom stereocenters. The molecule has 0 aliphatic heterocycles. The summed E-state index contributed by atoms with van der Waals surface area (Å²) in [7, 11) is 0. The van der Waals surface area contributed by atoms with E-state index in [-0.39, 0.29) is 0 Å². The number of benzene rings is 8. The molecule has 0 amide bonds. The summed E-state index contributed by atoms with van der Waals surface area (Å²) in [6, 6.07) is 69.9. The van der Waals surface area contributed by atoms with Gasteiger partial charge in [0.25, 0.3) is 0 Å². The zero-order valence-corrected chi connectivity index (χ0v) is 26.4. The van der Waals surface area contributed by atoms with Gasteiger partial charge in [-0.25, -0.2) is 0 Å². The zero-order chi connectivity index (χ0) is 31.9. The Balaban J connectivity index is 1.33. The number of fused-ring (bicyclic) bond motifs is 4. The van der Waals surface area contributed by atoms with Crippen LogP contribution in [0, 0.1) is 0 Å². The highest BCUT2D eigenvalue weighted by Gasteiger charge is 2.22. The molecule has 0 saturated heterocycles. The van der Waals surface area contributed by atoms with Gasteiger partial charge in [0.2, 0.25) is 0 Å². The number of rotatable bonds is 6. The average molecular weight is 613 g/mol. The molecule has 8 aromatic carbocycles. The monoisotopic (exact) mass is 612 g/mol. The van der Waals surface area contributed by atoms with Crippen LogP contribution in [0.1, 0.15) is 0 Å². The number of hydrogen-bond donors (Lipinski definition) is 0. The van der Waals surface area contributed by atoms with Crippen LogP contribution < -0.4 is 4.90 Å². The zero-order valence-electron chi connectivity index (χ0n) is 26.4. The van der Waals surface area contributed by atoms with E-state index in [9.17, 15) is 0 Å². The lowest BCUT2D eigenvalue weighted by atomic mass is 9.94. The second-order valence-corrected chi connectivity index (χ2v) is 12.2. The van der Waals surface area contributed by atoms with Crippen molar-refractivity contribution in [3.8, 4) is 27.9 Å². The number of aromatic nitrogens is 1. The second-order valence-electron chi connectivity index (χ2n) is 12.2. The van der Waals surface area contributed by atoms with Gasteiger partial charge in [-0.3, -0.25) is 0 Å². The molecule has 48 heavy (non-hydrogen) atoms. The van der Waals surface area contributed by atoms with E-state index in [2.05, 4.69) is 204 Å². The summed E-state index contributed by atoms with van der Waals surface area (Å²) < 4.78 is 2.42. The van der Waals surface area contributed by atoms with E-state index >= 15 is 0 Å². The number of para-hydroxylation sites is 5. The predicted molar refractivity (Wildman–Crippen MR) is 204 cm³/mol. The first-order valence-corrected chi connectivity index (χ1v) is 16.5. The Morgan fingerprint density at radius 2 is 0.854 bits per heavy atom. The molecule has 9 rings (SSSR count). The molecule has 226 valence electrons. The Kier molecular flexibility index (Phi) is 6.84. The fraction of sp³-hybridized carbons (Fsp3) is 0. The number of anilines is 3. The van der Waals surface area contributed by atoms with Crippen LogP contribution in [-0.4, -0.2) is 4.57 Å². The first-order valence-electron chi connectivity index (χ1n) is 16.5. The van der Waals surface area contributed by atoms with Crippen LogP contribution in [0.4, 0.5) is 17.1 Å². The van der Waals surface area contributed by atoms with Gasteiger partial charge in [0.1, 0.15) is 0 Å². The van der Waals surface area contributed by atoms with Crippen molar-refractivity contribution < 1.29 is 0 Å². The van der Waals surface area contributed by atoms with E-state index in [1.807, 2.05) is 0 Å². The quantitative estimate of drug-likeness (QED) is 0.181. The van der Waals surface area contributed by atoms with E-state index in [1.54, 1.807) is 0 Å². The lowest BCUT2D eigenvalue weighted by molar-refractivity contribution is 1.19. The minimum absolute atomic E-state index is 1.11. The maximum Gasteiger partial charge on any atom is 0.0541 e. The third-order valence-electron chi connectivity index (χ3n) is 9.36. The lowest BCUT2D eigenvalue weighted by Gasteiger charge is -2.30. The summed E-state index contributed by atoms with van der Waals surface area (Å²) in [5, 5.41) is 4.95. The van der Waals surface area contributed by atoms with Crippen LogP contribution in [0.5, 0.6) is 0 Å². The Hall–Kier alpha value is -6.38. The summed E-state index contributed by atoms with van der Waals surface area (Å²) in [5.41, 5.74) is 11.6. The van der Waals surface area contributed by atoms with Gasteiger partial charge in [-0.1, -0.05) is 146 Å². The second kappa shape index (κ2) is 11.8. The fourth-order valence-corrected chi connectivity index (χ4v) is 7.26. The molecule has 2 nitrogen and oxygen atoms in total. The van der Waals surface area contributed by atoms with E-state index in [4.69, 9.17) is 0 Å². The molecule has 0 spiro atoms. The van der Waals surface area contributed by atoms with Crippen LogP contribution in [0.25, 0.3) is 60.5 Å². The largest absolute Gasteiger partial charge is 0.309 e. The van der Waals surface area contributed by atoms with Crippen molar-refractivity contribution in [3.05, 3.63) is 194 Å². The molecule has 0 aliphatic carbocycles. The van der Waals surface area contributed by atoms with Gasteiger partial charge >= 0.3 is 0 Å². The highest BCUT2D eigenvalue weighted by molar-refractivity contribution is 6.10. The van der Waals surface area contributed by atoms with Crippen molar-refractivity contribution in [1.82, 2.24) is 4.57 Å². The van der Waals surface area contributed by atoms with Crippen molar-refractivity contribution in [2.45, 2.75) is 0 Å². The van der Waals surface area contributed by atoms with Gasteiger partial charge in [0.05, 0.1) is 22.4 Å². The first kappa shape index (κ1) is 27.9. The molecule has 0 bridgehead atoms. The molecule has 0 N–H and O–H groups in total. The third kappa shape index (κ3) is 4.66. The highest BCUT2D eigenvalue weighted by Crippen LogP contribution is 2.46. The molecular formula is C46H32N2. The van der Waals surface area contributed by atoms with Gasteiger partial charge in [-0.15, -0.1) is 0 Å². The topological polar surface area (TPSA) is 8.17 Å². The number of nitrogens with zero attached hydrogens (tertiary/aromatic N) is 2. The minimum Gasteiger partial charge on any atom is -0.309 e. The van der Waals surface area contributed by atoms with Crippen molar-refractivity contribution in [2.75, 3.05) is 4.90 Å². The van der Waals surface area contributed by atoms with Crippen molar-refractivity contribution >= 4 is 49.6 Å². The Labute approximate surface area is 280 Å². The van der Waals surface area contributed by atoms with E-state index in [0.717, 1.165) is 22.7 Å². The standard InChI is InChI=1S/C46H32N2/c1-3-17-33(18-4-1)38-23-9-13-27-43(38)47(35-20-5-2-6-21-35)46-30-16-12-26-41(46)42-32-36(31-34-19-7-8-22-37(34)42)48-44-28-14-10-24-39(44)40-25-11-15-29-45(40)48/h1-32H. The first-order chi connectivity index (χ1) is 23.8. The van der Waals surface area contributed by atoms with Crippen LogP contribution in [0.3, 0.4) is 0 Å². The minimum atomic E-state index is 1.11. The summed E-state index contributed by atoms with van der Waals surface area (Å²) >= 11 is 0. The fourth-order valence-electron chi connectivity index (χ4n) is 7.26. The Bertz CT molecular complexity index is 2510. The third-order valence-corrected chi connectivity index (χ3v) is 9.36. The van der Waals surface area contributed by atoms with Crippen molar-refractivity contribution in [1.29, 1.82) is 0 Å². The van der Waals surface area contributed by atoms with E-state index in [0.29, 0.717) is 0 Å². The van der Waals surface area contributed by atoms with E-state index < -0.39 is 0 Å². The van der Waals surface area contributed by atoms with Crippen molar-refractivity contribution in [3.63, 3.8) is 0 Å². The highest BCUT2D eigenvalue weighted by atomic mass is 15.1. The van der Waals surface area contributed by atoms with Gasteiger partial charge in [-0.2, -0.15) is 0 Å².